The maximum absolute atomic E-state index is 12.2. The van der Waals surface area contributed by atoms with Crippen molar-refractivity contribution in [3.8, 4) is 11.5 Å². The monoisotopic (exact) mass is 310 g/mol. The molecule has 23 heavy (non-hydrogen) atoms. The fourth-order valence-corrected chi connectivity index (χ4v) is 2.28. The highest BCUT2D eigenvalue weighted by atomic mass is 16.4. The summed E-state index contributed by atoms with van der Waals surface area (Å²) in [7, 11) is 0. The molecular weight excluding hydrogens is 292 g/mol. The van der Waals surface area contributed by atoms with Gasteiger partial charge in [0.05, 0.1) is 6.33 Å². The fraction of sp³-hybridized carbons (Fsp3) is 0.235. The average Bonchev–Trinajstić information content (AvgIpc) is 3.22. The molecule has 6 nitrogen and oxygen atoms in total. The molecule has 6 heteroatoms. The molecule has 0 unspecified atom stereocenters. The second-order valence-electron chi connectivity index (χ2n) is 5.20. The van der Waals surface area contributed by atoms with Crippen molar-refractivity contribution >= 4 is 5.91 Å². The van der Waals surface area contributed by atoms with Crippen LogP contribution in [-0.4, -0.2) is 27.0 Å². The van der Waals surface area contributed by atoms with Crippen molar-refractivity contribution in [1.82, 2.24) is 19.9 Å². The molecule has 0 atom stereocenters. The number of hydrogen-bond donors (Lipinski definition) is 1. The summed E-state index contributed by atoms with van der Waals surface area (Å²) in [6, 6.07) is 9.54. The third-order valence-corrected chi connectivity index (χ3v) is 3.47. The number of carbonyl (C=O) groups excluding carboxylic acids is 1. The summed E-state index contributed by atoms with van der Waals surface area (Å²) >= 11 is 0. The summed E-state index contributed by atoms with van der Waals surface area (Å²) in [5.74, 6) is 0.779. The van der Waals surface area contributed by atoms with E-state index in [0.29, 0.717) is 23.9 Å². The maximum atomic E-state index is 12.2. The van der Waals surface area contributed by atoms with Crippen molar-refractivity contribution in [3.63, 3.8) is 0 Å². The van der Waals surface area contributed by atoms with E-state index in [1.165, 1.54) is 0 Å². The second-order valence-corrected chi connectivity index (χ2v) is 5.20. The molecule has 0 spiro atoms. The number of nitrogens with one attached hydrogen (secondary N) is 1. The lowest BCUT2D eigenvalue weighted by Gasteiger charge is -2.04. The van der Waals surface area contributed by atoms with Gasteiger partial charge in [0, 0.05) is 31.0 Å². The number of benzene rings is 1. The summed E-state index contributed by atoms with van der Waals surface area (Å²) in [5.41, 5.74) is 1.20. The molecule has 3 aromatic rings. The van der Waals surface area contributed by atoms with Crippen LogP contribution >= 0.6 is 0 Å². The highest BCUT2D eigenvalue weighted by Crippen LogP contribution is 2.21. The molecule has 0 aliphatic carbocycles. The standard InChI is InChI=1S/C17H18N4O2/c1-13-15(20-17(23-13)14-6-3-2-4-7-14)16(22)19-8-5-10-21-11-9-18-12-21/h2-4,6-7,9,11-12H,5,8,10H2,1H3,(H,19,22). The number of carbonyl (C=O) groups is 1. The van der Waals surface area contributed by atoms with Crippen LogP contribution in [0.4, 0.5) is 0 Å². The van der Waals surface area contributed by atoms with Gasteiger partial charge in [-0.2, -0.15) is 0 Å². The molecule has 0 aliphatic heterocycles. The van der Waals surface area contributed by atoms with Gasteiger partial charge in [-0.25, -0.2) is 9.97 Å². The number of amides is 1. The molecule has 3 rings (SSSR count). The Morgan fingerprint density at radius 3 is 2.87 bits per heavy atom. The number of oxazole rings is 1. The van der Waals surface area contributed by atoms with Crippen LogP contribution in [0.5, 0.6) is 0 Å². The Kier molecular flexibility index (Phi) is 4.52. The summed E-state index contributed by atoms with van der Waals surface area (Å²) < 4.78 is 7.58. The second kappa shape index (κ2) is 6.91. The Morgan fingerprint density at radius 1 is 1.30 bits per heavy atom. The van der Waals surface area contributed by atoms with Gasteiger partial charge in [0.25, 0.3) is 5.91 Å². The first-order valence-corrected chi connectivity index (χ1v) is 7.51. The predicted octanol–water partition coefficient (Wildman–Crippen LogP) is 2.67. The van der Waals surface area contributed by atoms with Gasteiger partial charge in [-0.3, -0.25) is 4.79 Å². The van der Waals surface area contributed by atoms with E-state index in [1.54, 1.807) is 19.4 Å². The van der Waals surface area contributed by atoms with E-state index in [9.17, 15) is 4.79 Å². The zero-order chi connectivity index (χ0) is 16.1. The molecule has 0 fully saturated rings. The molecular formula is C17H18N4O2. The molecule has 2 aromatic heterocycles. The number of aryl methyl sites for hydroxylation is 2. The van der Waals surface area contributed by atoms with Crippen molar-refractivity contribution in [3.05, 3.63) is 60.5 Å². The summed E-state index contributed by atoms with van der Waals surface area (Å²) in [4.78, 5) is 20.5. The maximum Gasteiger partial charge on any atom is 0.273 e. The van der Waals surface area contributed by atoms with E-state index in [0.717, 1.165) is 18.5 Å². The Balaban J connectivity index is 1.58. The number of aromatic nitrogens is 3. The Morgan fingerprint density at radius 2 is 2.13 bits per heavy atom. The smallest absolute Gasteiger partial charge is 0.273 e. The van der Waals surface area contributed by atoms with Crippen molar-refractivity contribution < 1.29 is 9.21 Å². The van der Waals surface area contributed by atoms with Crippen LogP contribution in [0.1, 0.15) is 22.7 Å². The first-order chi connectivity index (χ1) is 11.2. The third kappa shape index (κ3) is 3.66. The van der Waals surface area contributed by atoms with Gasteiger partial charge in [0.1, 0.15) is 5.76 Å². The number of hydrogen-bond acceptors (Lipinski definition) is 4. The molecule has 1 N–H and O–H groups in total. The van der Waals surface area contributed by atoms with E-state index in [-0.39, 0.29) is 5.91 Å². The van der Waals surface area contributed by atoms with E-state index in [4.69, 9.17) is 4.42 Å². The molecule has 0 aliphatic rings. The predicted molar refractivity (Wildman–Crippen MR) is 85.9 cm³/mol. The van der Waals surface area contributed by atoms with Gasteiger partial charge in [-0.05, 0) is 25.5 Å². The minimum Gasteiger partial charge on any atom is -0.441 e. The first kappa shape index (κ1) is 15.0. The van der Waals surface area contributed by atoms with Crippen molar-refractivity contribution in [1.29, 1.82) is 0 Å². The van der Waals surface area contributed by atoms with Crippen LogP contribution in [0.25, 0.3) is 11.5 Å². The first-order valence-electron chi connectivity index (χ1n) is 7.51. The lowest BCUT2D eigenvalue weighted by Crippen LogP contribution is -2.26. The molecule has 0 saturated heterocycles. The SMILES string of the molecule is Cc1oc(-c2ccccc2)nc1C(=O)NCCCn1ccnc1. The van der Waals surface area contributed by atoms with Gasteiger partial charge >= 0.3 is 0 Å². The number of rotatable bonds is 6. The van der Waals surface area contributed by atoms with E-state index >= 15 is 0 Å². The van der Waals surface area contributed by atoms with E-state index in [2.05, 4.69) is 15.3 Å². The van der Waals surface area contributed by atoms with Gasteiger partial charge < -0.3 is 14.3 Å². The summed E-state index contributed by atoms with van der Waals surface area (Å²) in [5, 5.41) is 2.87. The van der Waals surface area contributed by atoms with Crippen LogP contribution in [0, 0.1) is 6.92 Å². The van der Waals surface area contributed by atoms with Crippen LogP contribution in [-0.2, 0) is 6.54 Å². The number of imidazole rings is 1. The van der Waals surface area contributed by atoms with Gasteiger partial charge in [-0.1, -0.05) is 18.2 Å². The molecule has 0 bridgehead atoms. The molecule has 0 saturated carbocycles. The lowest BCUT2D eigenvalue weighted by molar-refractivity contribution is 0.0947. The molecule has 2 heterocycles. The van der Waals surface area contributed by atoms with E-state index < -0.39 is 0 Å². The molecule has 0 radical (unpaired) electrons. The summed E-state index contributed by atoms with van der Waals surface area (Å²) in [6.45, 7) is 3.14. The molecule has 118 valence electrons. The van der Waals surface area contributed by atoms with Crippen molar-refractivity contribution in [2.24, 2.45) is 0 Å². The van der Waals surface area contributed by atoms with Gasteiger partial charge in [0.2, 0.25) is 5.89 Å². The Bertz CT molecular complexity index is 763. The zero-order valence-electron chi connectivity index (χ0n) is 12.9. The minimum atomic E-state index is -0.209. The molecule has 1 amide bonds. The molecule has 1 aromatic carbocycles. The van der Waals surface area contributed by atoms with E-state index in [1.807, 2.05) is 41.1 Å². The zero-order valence-corrected chi connectivity index (χ0v) is 12.9. The van der Waals surface area contributed by atoms with Crippen LogP contribution in [0.15, 0.2) is 53.5 Å². The summed E-state index contributed by atoms with van der Waals surface area (Å²) in [6.07, 6.45) is 6.22. The lowest BCUT2D eigenvalue weighted by atomic mass is 10.2. The van der Waals surface area contributed by atoms with Crippen LogP contribution in [0.2, 0.25) is 0 Å². The Hall–Kier alpha value is -2.89. The minimum absolute atomic E-state index is 0.209. The van der Waals surface area contributed by atoms with Crippen molar-refractivity contribution in [2.75, 3.05) is 6.54 Å². The normalized spacial score (nSPS) is 10.7. The Labute approximate surface area is 134 Å². The average molecular weight is 310 g/mol. The highest BCUT2D eigenvalue weighted by Gasteiger charge is 2.17. The van der Waals surface area contributed by atoms with Crippen molar-refractivity contribution in [2.45, 2.75) is 19.9 Å². The fourth-order valence-electron chi connectivity index (χ4n) is 2.28. The van der Waals surface area contributed by atoms with Crippen LogP contribution in [0.3, 0.4) is 0 Å². The highest BCUT2D eigenvalue weighted by molar-refractivity contribution is 5.93. The quantitative estimate of drug-likeness (QED) is 0.710. The largest absolute Gasteiger partial charge is 0.441 e. The topological polar surface area (TPSA) is 73.0 Å². The van der Waals surface area contributed by atoms with Gasteiger partial charge in [-0.15, -0.1) is 0 Å². The van der Waals surface area contributed by atoms with Crippen LogP contribution < -0.4 is 5.32 Å². The number of nitrogens with zero attached hydrogens (tertiary/aromatic N) is 3. The third-order valence-electron chi connectivity index (χ3n) is 3.47. The van der Waals surface area contributed by atoms with Gasteiger partial charge in [0.15, 0.2) is 5.69 Å².